The summed E-state index contributed by atoms with van der Waals surface area (Å²) in [5, 5.41) is 7.73. The maximum Gasteiger partial charge on any atom is 0.237 e. The highest BCUT2D eigenvalue weighted by atomic mass is 16.5. The molecular formula is C18H30N4O2. The van der Waals surface area contributed by atoms with Crippen LogP contribution in [0.4, 0.5) is 0 Å². The Hall–Kier alpha value is -1.40. The largest absolute Gasteiger partial charge is 0.374 e. The first-order valence-corrected chi connectivity index (χ1v) is 9.20. The zero-order valence-electron chi connectivity index (χ0n) is 15.1. The first kappa shape index (κ1) is 17.4. The molecule has 1 saturated carbocycles. The van der Waals surface area contributed by atoms with E-state index in [4.69, 9.17) is 4.74 Å². The van der Waals surface area contributed by atoms with Gasteiger partial charge in [0.05, 0.1) is 31.0 Å². The van der Waals surface area contributed by atoms with E-state index in [1.54, 1.807) is 0 Å². The molecule has 1 saturated heterocycles. The van der Waals surface area contributed by atoms with Gasteiger partial charge in [-0.25, -0.2) is 0 Å². The molecular weight excluding hydrogens is 304 g/mol. The van der Waals surface area contributed by atoms with E-state index in [0.29, 0.717) is 12.6 Å². The summed E-state index contributed by atoms with van der Waals surface area (Å²) in [6.07, 6.45) is 4.81. The lowest BCUT2D eigenvalue weighted by Crippen LogP contribution is -2.54. The van der Waals surface area contributed by atoms with Gasteiger partial charge < -0.3 is 10.1 Å². The highest BCUT2D eigenvalue weighted by Crippen LogP contribution is 2.18. The fourth-order valence-electron chi connectivity index (χ4n) is 3.81. The number of hydrogen-bond acceptors (Lipinski definition) is 4. The van der Waals surface area contributed by atoms with Crippen LogP contribution in [0.5, 0.6) is 0 Å². The van der Waals surface area contributed by atoms with Crippen molar-refractivity contribution in [2.45, 2.75) is 71.2 Å². The molecule has 2 heterocycles. The number of aryl methyl sites for hydroxylation is 2. The lowest BCUT2D eigenvalue weighted by molar-refractivity contribution is -0.130. The third-order valence-corrected chi connectivity index (χ3v) is 5.28. The van der Waals surface area contributed by atoms with Crippen LogP contribution in [0.3, 0.4) is 0 Å². The summed E-state index contributed by atoms with van der Waals surface area (Å²) in [5.74, 6) is 0.161. The van der Waals surface area contributed by atoms with Crippen molar-refractivity contribution in [3.63, 3.8) is 0 Å². The van der Waals surface area contributed by atoms with E-state index in [0.717, 1.165) is 43.9 Å². The highest BCUT2D eigenvalue weighted by Gasteiger charge is 2.29. The normalized spacial score (nSPS) is 24.2. The Morgan fingerprint density at radius 3 is 2.83 bits per heavy atom. The first-order valence-electron chi connectivity index (χ1n) is 9.20. The number of amides is 1. The average molecular weight is 334 g/mol. The van der Waals surface area contributed by atoms with Crippen LogP contribution in [-0.4, -0.2) is 58.5 Å². The van der Waals surface area contributed by atoms with Crippen LogP contribution in [-0.2, 0) is 16.1 Å². The molecule has 1 N–H and O–H groups in total. The Bertz CT molecular complexity index is 565. The van der Waals surface area contributed by atoms with Gasteiger partial charge in [-0.05, 0) is 39.7 Å². The molecule has 0 bridgehead atoms. The molecule has 1 aromatic heterocycles. The van der Waals surface area contributed by atoms with Crippen molar-refractivity contribution in [1.82, 2.24) is 20.0 Å². The number of aromatic nitrogens is 2. The van der Waals surface area contributed by atoms with Crippen LogP contribution in [0, 0.1) is 13.8 Å². The topological polar surface area (TPSA) is 59.4 Å². The van der Waals surface area contributed by atoms with Crippen LogP contribution < -0.4 is 5.32 Å². The van der Waals surface area contributed by atoms with Crippen LogP contribution >= 0.6 is 0 Å². The molecule has 2 aliphatic rings. The summed E-state index contributed by atoms with van der Waals surface area (Å²) in [4.78, 5) is 14.7. The number of ether oxygens (including phenoxy) is 1. The minimum atomic E-state index is -0.0996. The second kappa shape index (κ2) is 7.66. The molecule has 2 atom stereocenters. The highest BCUT2D eigenvalue weighted by molar-refractivity contribution is 5.81. The van der Waals surface area contributed by atoms with Gasteiger partial charge in [-0.1, -0.05) is 12.8 Å². The molecule has 0 spiro atoms. The SMILES string of the molecule is Cc1cc(C)n(C[C@@H]2CN([C@H](C)C(=O)NC3CCCC3)CCO2)n1. The van der Waals surface area contributed by atoms with Gasteiger partial charge in [-0.2, -0.15) is 5.10 Å². The van der Waals surface area contributed by atoms with Gasteiger partial charge in [0.25, 0.3) is 0 Å². The second-order valence-corrected chi connectivity index (χ2v) is 7.26. The number of carbonyl (C=O) groups is 1. The molecule has 1 aromatic rings. The molecule has 1 aliphatic heterocycles. The Morgan fingerprint density at radius 2 is 2.17 bits per heavy atom. The smallest absolute Gasteiger partial charge is 0.237 e. The van der Waals surface area contributed by atoms with Gasteiger partial charge in [0.2, 0.25) is 5.91 Å². The van der Waals surface area contributed by atoms with E-state index in [-0.39, 0.29) is 18.1 Å². The zero-order valence-corrected chi connectivity index (χ0v) is 15.1. The molecule has 6 heteroatoms. The minimum Gasteiger partial charge on any atom is -0.374 e. The molecule has 0 radical (unpaired) electrons. The first-order chi connectivity index (χ1) is 11.5. The van der Waals surface area contributed by atoms with E-state index < -0.39 is 0 Å². The second-order valence-electron chi connectivity index (χ2n) is 7.26. The van der Waals surface area contributed by atoms with Crippen LogP contribution in [0.25, 0.3) is 0 Å². The summed E-state index contributed by atoms with van der Waals surface area (Å²) in [5.41, 5.74) is 2.18. The van der Waals surface area contributed by atoms with E-state index in [9.17, 15) is 4.79 Å². The molecule has 1 amide bonds. The standard InChI is InChI=1S/C18H30N4O2/c1-13-10-14(2)22(20-13)12-17-11-21(8-9-24-17)15(3)18(23)19-16-6-4-5-7-16/h10,15-17H,4-9,11-12H2,1-3H3,(H,19,23)/t15-,17+/m1/s1. The van der Waals surface area contributed by atoms with E-state index in [2.05, 4.69) is 28.3 Å². The molecule has 2 fully saturated rings. The van der Waals surface area contributed by atoms with Crippen molar-refractivity contribution in [1.29, 1.82) is 0 Å². The van der Waals surface area contributed by atoms with Crippen LogP contribution in [0.15, 0.2) is 6.07 Å². The lowest BCUT2D eigenvalue weighted by atomic mass is 10.1. The summed E-state index contributed by atoms with van der Waals surface area (Å²) in [7, 11) is 0. The number of rotatable bonds is 5. The van der Waals surface area contributed by atoms with Crippen molar-refractivity contribution in [3.8, 4) is 0 Å². The fourth-order valence-corrected chi connectivity index (χ4v) is 3.81. The van der Waals surface area contributed by atoms with Crippen molar-refractivity contribution < 1.29 is 9.53 Å². The van der Waals surface area contributed by atoms with Crippen molar-refractivity contribution >= 4 is 5.91 Å². The molecule has 3 rings (SSSR count). The molecule has 6 nitrogen and oxygen atoms in total. The molecule has 0 unspecified atom stereocenters. The predicted octanol–water partition coefficient (Wildman–Crippen LogP) is 1.65. The Labute approximate surface area is 144 Å². The van der Waals surface area contributed by atoms with Crippen molar-refractivity contribution in [2.24, 2.45) is 0 Å². The number of nitrogens with zero attached hydrogens (tertiary/aromatic N) is 3. The van der Waals surface area contributed by atoms with Gasteiger partial charge in [0, 0.05) is 24.8 Å². The van der Waals surface area contributed by atoms with Gasteiger partial charge in [-0.3, -0.25) is 14.4 Å². The van der Waals surface area contributed by atoms with Crippen LogP contribution in [0.1, 0.15) is 44.0 Å². The Morgan fingerprint density at radius 1 is 1.42 bits per heavy atom. The van der Waals surface area contributed by atoms with E-state index in [1.807, 2.05) is 18.5 Å². The molecule has 0 aromatic carbocycles. The summed E-state index contributed by atoms with van der Waals surface area (Å²) in [6.45, 7) is 9.09. The van der Waals surface area contributed by atoms with Gasteiger partial charge in [0.1, 0.15) is 0 Å². The maximum atomic E-state index is 12.5. The Kier molecular flexibility index (Phi) is 5.56. The van der Waals surface area contributed by atoms with Crippen LogP contribution in [0.2, 0.25) is 0 Å². The Balaban J connectivity index is 1.54. The monoisotopic (exact) mass is 334 g/mol. The third-order valence-electron chi connectivity index (χ3n) is 5.28. The molecule has 24 heavy (non-hydrogen) atoms. The minimum absolute atomic E-state index is 0.0819. The maximum absolute atomic E-state index is 12.5. The van der Waals surface area contributed by atoms with E-state index in [1.165, 1.54) is 12.8 Å². The summed E-state index contributed by atoms with van der Waals surface area (Å²) >= 11 is 0. The lowest BCUT2D eigenvalue weighted by Gasteiger charge is -2.36. The average Bonchev–Trinajstić information content (AvgIpc) is 3.17. The van der Waals surface area contributed by atoms with Crippen molar-refractivity contribution in [2.75, 3.05) is 19.7 Å². The summed E-state index contributed by atoms with van der Waals surface area (Å²) < 4.78 is 7.91. The number of carbonyl (C=O) groups excluding carboxylic acids is 1. The quantitative estimate of drug-likeness (QED) is 0.889. The number of nitrogens with one attached hydrogen (secondary N) is 1. The fraction of sp³-hybridized carbons (Fsp3) is 0.778. The number of hydrogen-bond donors (Lipinski definition) is 1. The zero-order chi connectivity index (χ0) is 17.1. The predicted molar refractivity (Wildman–Crippen MR) is 92.9 cm³/mol. The number of morpholine rings is 1. The molecule has 134 valence electrons. The third kappa shape index (κ3) is 4.16. The van der Waals surface area contributed by atoms with Gasteiger partial charge >= 0.3 is 0 Å². The van der Waals surface area contributed by atoms with E-state index >= 15 is 0 Å². The van der Waals surface area contributed by atoms with Gasteiger partial charge in [0.15, 0.2) is 0 Å². The summed E-state index contributed by atoms with van der Waals surface area (Å²) in [6, 6.07) is 2.36. The molecule has 1 aliphatic carbocycles. The van der Waals surface area contributed by atoms with Gasteiger partial charge in [-0.15, -0.1) is 0 Å². The van der Waals surface area contributed by atoms with Crippen molar-refractivity contribution in [3.05, 3.63) is 17.5 Å².